The van der Waals surface area contributed by atoms with Crippen LogP contribution < -0.4 is 16.0 Å². The third-order valence-electron chi connectivity index (χ3n) is 2.98. The summed E-state index contributed by atoms with van der Waals surface area (Å²) in [5.74, 6) is 0.770. The number of rotatable bonds is 4. The van der Waals surface area contributed by atoms with Crippen LogP contribution in [0.1, 0.15) is 18.1 Å². The third kappa shape index (κ3) is 2.93. The predicted octanol–water partition coefficient (Wildman–Crippen LogP) is 1.16. The molecule has 0 amide bonds. The Balaban J connectivity index is 2.32. The summed E-state index contributed by atoms with van der Waals surface area (Å²) >= 11 is 0. The van der Waals surface area contributed by atoms with Gasteiger partial charge < -0.3 is 4.74 Å². The predicted molar refractivity (Wildman–Crippen MR) is 72.8 cm³/mol. The Bertz CT molecular complexity index is 668. The monoisotopic (exact) mass is 260 g/mol. The van der Waals surface area contributed by atoms with E-state index in [0.717, 1.165) is 11.3 Å². The van der Waals surface area contributed by atoms with E-state index in [1.165, 1.54) is 4.57 Å². The van der Waals surface area contributed by atoms with Crippen molar-refractivity contribution in [1.29, 1.82) is 0 Å². The van der Waals surface area contributed by atoms with Crippen molar-refractivity contribution in [2.45, 2.75) is 19.9 Å². The lowest BCUT2D eigenvalue weighted by Crippen LogP contribution is -2.31. The van der Waals surface area contributed by atoms with Crippen molar-refractivity contribution < 1.29 is 4.74 Å². The van der Waals surface area contributed by atoms with Crippen molar-refractivity contribution in [2.24, 2.45) is 0 Å². The van der Waals surface area contributed by atoms with Gasteiger partial charge in [-0.15, -0.1) is 0 Å². The van der Waals surface area contributed by atoms with E-state index in [2.05, 4.69) is 4.98 Å². The summed E-state index contributed by atoms with van der Waals surface area (Å²) in [5, 5.41) is 0. The van der Waals surface area contributed by atoms with Crippen LogP contribution in [0, 0.1) is 0 Å². The Morgan fingerprint density at radius 1 is 1.21 bits per heavy atom. The molecule has 2 rings (SSSR count). The third-order valence-corrected chi connectivity index (χ3v) is 2.98. The lowest BCUT2D eigenvalue weighted by Gasteiger charge is -2.07. The van der Waals surface area contributed by atoms with Gasteiger partial charge in [-0.1, -0.05) is 19.1 Å². The molecule has 1 aromatic carbocycles. The van der Waals surface area contributed by atoms with E-state index in [1.54, 1.807) is 13.3 Å². The maximum atomic E-state index is 11.7. The van der Waals surface area contributed by atoms with Crippen LogP contribution in [0.5, 0.6) is 5.75 Å². The number of nitrogens with zero attached hydrogens (tertiary/aromatic N) is 1. The zero-order chi connectivity index (χ0) is 13.8. The van der Waals surface area contributed by atoms with Crippen LogP contribution in [-0.2, 0) is 13.0 Å². The van der Waals surface area contributed by atoms with Crippen LogP contribution in [0.3, 0.4) is 0 Å². The molecule has 0 spiro atoms. The molecule has 0 bridgehead atoms. The van der Waals surface area contributed by atoms with Crippen molar-refractivity contribution in [3.8, 4) is 5.75 Å². The molecule has 0 atom stereocenters. The first kappa shape index (κ1) is 13.1. The minimum absolute atomic E-state index is 0.307. The van der Waals surface area contributed by atoms with Crippen molar-refractivity contribution in [3.63, 3.8) is 0 Å². The Morgan fingerprint density at radius 2 is 1.89 bits per heavy atom. The van der Waals surface area contributed by atoms with Crippen LogP contribution in [0.15, 0.2) is 40.1 Å². The highest BCUT2D eigenvalue weighted by Crippen LogP contribution is 2.11. The van der Waals surface area contributed by atoms with Gasteiger partial charge in [0, 0.05) is 11.8 Å². The molecule has 19 heavy (non-hydrogen) atoms. The van der Waals surface area contributed by atoms with Gasteiger partial charge >= 0.3 is 5.69 Å². The average Bonchev–Trinajstić information content (AvgIpc) is 2.42. The van der Waals surface area contributed by atoms with Gasteiger partial charge in [-0.05, 0) is 24.1 Å². The number of methoxy groups -OCH3 is 1. The molecule has 0 aliphatic carbocycles. The molecular weight excluding hydrogens is 244 g/mol. The van der Waals surface area contributed by atoms with Crippen molar-refractivity contribution in [1.82, 2.24) is 9.55 Å². The van der Waals surface area contributed by atoms with Crippen LogP contribution in [-0.4, -0.2) is 16.7 Å². The van der Waals surface area contributed by atoms with Gasteiger partial charge in [0.05, 0.1) is 13.7 Å². The number of aromatic amines is 1. The van der Waals surface area contributed by atoms with Gasteiger partial charge in [0.1, 0.15) is 5.75 Å². The first-order valence-corrected chi connectivity index (χ1v) is 6.09. The molecule has 1 aromatic heterocycles. The average molecular weight is 260 g/mol. The Labute approximate surface area is 110 Å². The molecule has 1 N–H and O–H groups in total. The van der Waals surface area contributed by atoms with Gasteiger partial charge in [-0.25, -0.2) is 4.79 Å². The molecule has 1 heterocycles. The minimum Gasteiger partial charge on any atom is -0.497 e. The Kier molecular flexibility index (Phi) is 3.85. The summed E-state index contributed by atoms with van der Waals surface area (Å²) < 4.78 is 6.58. The molecule has 0 radical (unpaired) electrons. The zero-order valence-corrected chi connectivity index (χ0v) is 11.0. The number of H-pyrrole nitrogens is 1. The lowest BCUT2D eigenvalue weighted by atomic mass is 10.2. The highest BCUT2D eigenvalue weighted by Gasteiger charge is 2.04. The lowest BCUT2D eigenvalue weighted by molar-refractivity contribution is 0.414. The van der Waals surface area contributed by atoms with Crippen LogP contribution in [0.4, 0.5) is 0 Å². The van der Waals surface area contributed by atoms with E-state index in [-0.39, 0.29) is 5.56 Å². The van der Waals surface area contributed by atoms with Crippen LogP contribution in [0.2, 0.25) is 0 Å². The van der Waals surface area contributed by atoms with Gasteiger partial charge in [0.2, 0.25) is 0 Å². The number of nitrogens with one attached hydrogen (secondary N) is 1. The second-order valence-corrected chi connectivity index (χ2v) is 4.24. The fraction of sp³-hybridized carbons (Fsp3) is 0.286. The van der Waals surface area contributed by atoms with Crippen molar-refractivity contribution >= 4 is 0 Å². The first-order chi connectivity index (χ1) is 9.13. The summed E-state index contributed by atoms with van der Waals surface area (Å²) in [6.45, 7) is 2.30. The maximum absolute atomic E-state index is 11.7. The molecule has 100 valence electrons. The minimum atomic E-state index is -0.391. The number of hydrogen-bond acceptors (Lipinski definition) is 3. The molecular formula is C14H16N2O3. The standard InChI is InChI=1S/C14H16N2O3/c1-3-11-9-16(14(18)15-13(11)17)8-10-4-6-12(19-2)7-5-10/h4-7,9H,3,8H2,1-2H3,(H,15,17,18). The Hall–Kier alpha value is -2.30. The molecule has 0 aliphatic heterocycles. The molecule has 0 saturated heterocycles. The number of aryl methyl sites for hydroxylation is 1. The van der Waals surface area contributed by atoms with E-state index in [1.807, 2.05) is 31.2 Å². The van der Waals surface area contributed by atoms with E-state index in [4.69, 9.17) is 4.74 Å². The largest absolute Gasteiger partial charge is 0.497 e. The number of hydrogen-bond donors (Lipinski definition) is 1. The summed E-state index contributed by atoms with van der Waals surface area (Å²) in [5.41, 5.74) is 0.876. The summed E-state index contributed by atoms with van der Waals surface area (Å²) in [6.07, 6.45) is 2.21. The van der Waals surface area contributed by atoms with E-state index in [0.29, 0.717) is 18.5 Å². The van der Waals surface area contributed by atoms with Crippen molar-refractivity contribution in [3.05, 3.63) is 62.4 Å². The quantitative estimate of drug-likeness (QED) is 0.897. The van der Waals surface area contributed by atoms with Gasteiger partial charge in [-0.2, -0.15) is 0 Å². The fourth-order valence-electron chi connectivity index (χ4n) is 1.85. The first-order valence-electron chi connectivity index (χ1n) is 6.09. The summed E-state index contributed by atoms with van der Waals surface area (Å²) in [6, 6.07) is 7.46. The molecule has 5 nitrogen and oxygen atoms in total. The van der Waals surface area contributed by atoms with Crippen molar-refractivity contribution in [2.75, 3.05) is 7.11 Å². The molecule has 0 saturated carbocycles. The summed E-state index contributed by atoms with van der Waals surface area (Å²) in [7, 11) is 1.61. The smallest absolute Gasteiger partial charge is 0.328 e. The number of ether oxygens (including phenoxy) is 1. The SMILES string of the molecule is CCc1cn(Cc2ccc(OC)cc2)c(=O)[nH]c1=O. The summed E-state index contributed by atoms with van der Waals surface area (Å²) in [4.78, 5) is 25.5. The van der Waals surface area contributed by atoms with Crippen LogP contribution in [0.25, 0.3) is 0 Å². The highest BCUT2D eigenvalue weighted by molar-refractivity contribution is 5.27. The maximum Gasteiger partial charge on any atom is 0.328 e. The number of aromatic nitrogens is 2. The highest BCUT2D eigenvalue weighted by atomic mass is 16.5. The number of benzene rings is 1. The molecule has 0 unspecified atom stereocenters. The molecule has 0 fully saturated rings. The van der Waals surface area contributed by atoms with Gasteiger partial charge in [-0.3, -0.25) is 14.3 Å². The molecule has 2 aromatic rings. The van der Waals surface area contributed by atoms with Gasteiger partial charge in [0.25, 0.3) is 5.56 Å². The van der Waals surface area contributed by atoms with E-state index >= 15 is 0 Å². The Morgan fingerprint density at radius 3 is 2.47 bits per heavy atom. The van der Waals surface area contributed by atoms with Gasteiger partial charge in [0.15, 0.2) is 0 Å². The van der Waals surface area contributed by atoms with E-state index < -0.39 is 5.69 Å². The normalized spacial score (nSPS) is 10.4. The second-order valence-electron chi connectivity index (χ2n) is 4.24. The van der Waals surface area contributed by atoms with Crippen LogP contribution >= 0.6 is 0 Å². The second kappa shape index (κ2) is 5.56. The zero-order valence-electron chi connectivity index (χ0n) is 11.0. The fourth-order valence-corrected chi connectivity index (χ4v) is 1.85. The molecule has 5 heteroatoms. The topological polar surface area (TPSA) is 64.1 Å². The molecule has 0 aliphatic rings. The van der Waals surface area contributed by atoms with E-state index in [9.17, 15) is 9.59 Å².